The van der Waals surface area contributed by atoms with Crippen LogP contribution in [-0.2, 0) is 4.74 Å². The highest BCUT2D eigenvalue weighted by atomic mass is 35.5. The molecule has 1 aromatic carbocycles. The second-order valence-corrected chi connectivity index (χ2v) is 5.00. The third-order valence-electron chi connectivity index (χ3n) is 2.61. The first kappa shape index (κ1) is 16.4. The molecule has 6 nitrogen and oxygen atoms in total. The summed E-state index contributed by atoms with van der Waals surface area (Å²) in [5, 5.41) is 11.2. The number of ether oxygens (including phenoxy) is 1. The Kier molecular flexibility index (Phi) is 5.91. The van der Waals surface area contributed by atoms with Crippen LogP contribution in [0.5, 0.6) is 0 Å². The minimum atomic E-state index is -0.595. The Balaban J connectivity index is 2.85. The average molecular weight is 301 g/mol. The van der Waals surface area contributed by atoms with Crippen LogP contribution in [0.3, 0.4) is 0 Å². The fourth-order valence-electron chi connectivity index (χ4n) is 1.57. The molecule has 0 aliphatic rings. The van der Waals surface area contributed by atoms with Gasteiger partial charge < -0.3 is 9.64 Å². The van der Waals surface area contributed by atoms with Crippen LogP contribution in [0.15, 0.2) is 18.2 Å². The van der Waals surface area contributed by atoms with Crippen molar-refractivity contribution in [1.29, 1.82) is 0 Å². The van der Waals surface area contributed by atoms with Crippen molar-refractivity contribution < 1.29 is 14.5 Å². The molecule has 0 fully saturated rings. The highest BCUT2D eigenvalue weighted by Gasteiger charge is 2.23. The summed E-state index contributed by atoms with van der Waals surface area (Å²) in [7, 11) is 1.57. The number of benzene rings is 1. The van der Waals surface area contributed by atoms with Gasteiger partial charge in [0.1, 0.15) is 5.56 Å². The summed E-state index contributed by atoms with van der Waals surface area (Å²) in [6, 6.07) is 3.92. The van der Waals surface area contributed by atoms with Crippen molar-refractivity contribution in [1.82, 2.24) is 4.90 Å². The summed E-state index contributed by atoms with van der Waals surface area (Å²) < 4.78 is 5.35. The lowest BCUT2D eigenvalue weighted by molar-refractivity contribution is -0.385. The molecule has 0 aliphatic heterocycles. The molecule has 0 heterocycles. The maximum absolute atomic E-state index is 12.2. The van der Waals surface area contributed by atoms with E-state index in [4.69, 9.17) is 16.3 Å². The summed E-state index contributed by atoms with van der Waals surface area (Å²) in [5.41, 5.74) is -0.273. The zero-order chi connectivity index (χ0) is 15.3. The van der Waals surface area contributed by atoms with Gasteiger partial charge in [-0.2, -0.15) is 0 Å². The number of hydrogen-bond acceptors (Lipinski definition) is 4. The molecule has 1 aromatic rings. The Morgan fingerprint density at radius 1 is 1.50 bits per heavy atom. The predicted molar refractivity (Wildman–Crippen MR) is 76.2 cm³/mol. The van der Waals surface area contributed by atoms with E-state index in [0.717, 1.165) is 0 Å². The van der Waals surface area contributed by atoms with E-state index in [-0.39, 0.29) is 22.4 Å². The number of nitro benzene ring substituents is 1. The van der Waals surface area contributed by atoms with E-state index in [2.05, 4.69) is 0 Å². The van der Waals surface area contributed by atoms with Gasteiger partial charge in [-0.1, -0.05) is 11.6 Å². The van der Waals surface area contributed by atoms with Crippen molar-refractivity contribution in [2.45, 2.75) is 20.0 Å². The van der Waals surface area contributed by atoms with Gasteiger partial charge in [0.2, 0.25) is 0 Å². The normalized spacial score (nSPS) is 10.7. The zero-order valence-electron chi connectivity index (χ0n) is 11.6. The quantitative estimate of drug-likeness (QED) is 0.598. The van der Waals surface area contributed by atoms with E-state index >= 15 is 0 Å². The Morgan fingerprint density at radius 2 is 2.15 bits per heavy atom. The van der Waals surface area contributed by atoms with Gasteiger partial charge in [-0.15, -0.1) is 0 Å². The minimum absolute atomic E-state index is 0.0189. The highest BCUT2D eigenvalue weighted by Crippen LogP contribution is 2.23. The number of likely N-dealkylation sites (N-methyl/N-ethyl adjacent to an activating group) is 1. The van der Waals surface area contributed by atoms with Gasteiger partial charge in [-0.05, 0) is 26.0 Å². The van der Waals surface area contributed by atoms with E-state index < -0.39 is 10.8 Å². The van der Waals surface area contributed by atoms with Gasteiger partial charge in [-0.25, -0.2) is 0 Å². The lowest BCUT2D eigenvalue weighted by Gasteiger charge is -2.18. The molecule has 0 bridgehead atoms. The topological polar surface area (TPSA) is 72.7 Å². The van der Waals surface area contributed by atoms with Gasteiger partial charge in [0, 0.05) is 24.7 Å². The van der Waals surface area contributed by atoms with Crippen molar-refractivity contribution in [2.75, 3.05) is 20.2 Å². The first-order valence-electron chi connectivity index (χ1n) is 6.14. The Labute approximate surface area is 122 Å². The third-order valence-corrected chi connectivity index (χ3v) is 2.85. The van der Waals surface area contributed by atoms with Gasteiger partial charge in [0.05, 0.1) is 17.6 Å². The molecule has 20 heavy (non-hydrogen) atoms. The molecule has 0 aromatic heterocycles. The van der Waals surface area contributed by atoms with E-state index in [1.54, 1.807) is 7.05 Å². The number of halogens is 1. The van der Waals surface area contributed by atoms with Crippen LogP contribution >= 0.6 is 11.6 Å². The standard InChI is InChI=1S/C13H17ClN2O4/c1-9(2)20-7-6-15(3)13(17)11-8-10(14)4-5-12(11)16(18)19/h4-5,8-9H,6-7H2,1-3H3. The maximum atomic E-state index is 12.2. The summed E-state index contributed by atoms with van der Waals surface area (Å²) in [6.45, 7) is 4.50. The summed E-state index contributed by atoms with van der Waals surface area (Å²) in [6.07, 6.45) is 0.0685. The zero-order valence-corrected chi connectivity index (χ0v) is 12.4. The number of nitro groups is 1. The van der Waals surface area contributed by atoms with Crippen LogP contribution in [-0.4, -0.2) is 42.0 Å². The van der Waals surface area contributed by atoms with E-state index in [1.807, 2.05) is 13.8 Å². The molecule has 7 heteroatoms. The van der Waals surface area contributed by atoms with E-state index in [9.17, 15) is 14.9 Å². The van der Waals surface area contributed by atoms with Crippen LogP contribution in [0.4, 0.5) is 5.69 Å². The molecule has 1 rings (SSSR count). The van der Waals surface area contributed by atoms with Gasteiger partial charge in [-0.3, -0.25) is 14.9 Å². The van der Waals surface area contributed by atoms with Crippen LogP contribution in [0, 0.1) is 10.1 Å². The van der Waals surface area contributed by atoms with Crippen molar-refractivity contribution >= 4 is 23.2 Å². The van der Waals surface area contributed by atoms with Crippen LogP contribution in [0.25, 0.3) is 0 Å². The summed E-state index contributed by atoms with van der Waals surface area (Å²) >= 11 is 5.80. The molecule has 0 unspecified atom stereocenters. The monoisotopic (exact) mass is 300 g/mol. The Hall–Kier alpha value is -1.66. The van der Waals surface area contributed by atoms with Crippen molar-refractivity contribution in [3.63, 3.8) is 0 Å². The van der Waals surface area contributed by atoms with Crippen LogP contribution in [0.2, 0.25) is 5.02 Å². The molecule has 0 atom stereocenters. The molecule has 0 saturated heterocycles. The number of nitrogens with zero attached hydrogens (tertiary/aromatic N) is 2. The number of carbonyl (C=O) groups excluding carboxylic acids is 1. The molecule has 0 radical (unpaired) electrons. The molecule has 1 amide bonds. The molecule has 0 saturated carbocycles. The minimum Gasteiger partial charge on any atom is -0.377 e. The number of hydrogen-bond donors (Lipinski definition) is 0. The fraction of sp³-hybridized carbons (Fsp3) is 0.462. The van der Waals surface area contributed by atoms with Crippen molar-refractivity contribution in [3.8, 4) is 0 Å². The van der Waals surface area contributed by atoms with Crippen molar-refractivity contribution in [2.24, 2.45) is 0 Å². The smallest absolute Gasteiger partial charge is 0.282 e. The number of amides is 1. The predicted octanol–water partition coefficient (Wildman–Crippen LogP) is 2.75. The van der Waals surface area contributed by atoms with Crippen LogP contribution < -0.4 is 0 Å². The Morgan fingerprint density at radius 3 is 2.70 bits per heavy atom. The SMILES string of the molecule is CC(C)OCCN(C)C(=O)c1cc(Cl)ccc1[N+](=O)[O-]. The highest BCUT2D eigenvalue weighted by molar-refractivity contribution is 6.31. The van der Waals surface area contributed by atoms with Gasteiger partial charge in [0.25, 0.3) is 11.6 Å². The molecule has 0 aliphatic carbocycles. The van der Waals surface area contributed by atoms with E-state index in [1.165, 1.54) is 23.1 Å². The van der Waals surface area contributed by atoms with Gasteiger partial charge in [0.15, 0.2) is 0 Å². The van der Waals surface area contributed by atoms with Crippen molar-refractivity contribution in [3.05, 3.63) is 38.9 Å². The lowest BCUT2D eigenvalue weighted by atomic mass is 10.1. The summed E-state index contributed by atoms with van der Waals surface area (Å²) in [4.78, 5) is 23.9. The third kappa shape index (κ3) is 4.47. The molecular formula is C13H17ClN2O4. The second kappa shape index (κ2) is 7.21. The molecule has 0 N–H and O–H groups in total. The van der Waals surface area contributed by atoms with Crippen LogP contribution in [0.1, 0.15) is 24.2 Å². The second-order valence-electron chi connectivity index (χ2n) is 4.56. The molecule has 0 spiro atoms. The van der Waals surface area contributed by atoms with Gasteiger partial charge >= 0.3 is 0 Å². The largest absolute Gasteiger partial charge is 0.377 e. The first-order chi connectivity index (χ1) is 9.32. The number of rotatable bonds is 6. The average Bonchev–Trinajstić information content (AvgIpc) is 2.36. The maximum Gasteiger partial charge on any atom is 0.282 e. The first-order valence-corrected chi connectivity index (χ1v) is 6.51. The molecule has 110 valence electrons. The lowest BCUT2D eigenvalue weighted by Crippen LogP contribution is -2.31. The fourth-order valence-corrected chi connectivity index (χ4v) is 1.74. The summed E-state index contributed by atoms with van der Waals surface area (Å²) in [5.74, 6) is -0.452. The molecular weight excluding hydrogens is 284 g/mol. The Bertz CT molecular complexity index is 505. The number of carbonyl (C=O) groups is 1. The van der Waals surface area contributed by atoms with E-state index in [0.29, 0.717) is 13.2 Å².